The van der Waals surface area contributed by atoms with Gasteiger partial charge in [0.05, 0.1) is 5.75 Å². The quantitative estimate of drug-likeness (QED) is 0.692. The average molecular weight is 317 g/mol. The van der Waals surface area contributed by atoms with Crippen LogP contribution in [0.25, 0.3) is 0 Å². The average Bonchev–Trinajstić information content (AvgIpc) is 2.72. The van der Waals surface area contributed by atoms with Crippen molar-refractivity contribution in [2.75, 3.05) is 25.5 Å². The fourth-order valence-corrected chi connectivity index (χ4v) is 5.91. The fraction of sp³-hybridized carbons (Fsp3) is 0.933. The number of fused-ring (bicyclic) bond motifs is 2. The number of Topliss-reactive ketones (excluding diaryl/α,β-unsaturated/α-hetero) is 1. The molecule has 2 rings (SSSR count). The molecule has 0 aromatic carbocycles. The van der Waals surface area contributed by atoms with Crippen molar-refractivity contribution in [2.45, 2.75) is 46.5 Å². The van der Waals surface area contributed by atoms with Crippen molar-refractivity contribution in [1.29, 1.82) is 0 Å². The minimum atomic E-state index is -3.43. The molecule has 6 heteroatoms. The number of carbonyl (C=O) groups excluding carboxylic acids is 1. The molecule has 2 bridgehead atoms. The van der Waals surface area contributed by atoms with Gasteiger partial charge in [-0.15, -0.1) is 0 Å². The number of hydrogen-bond acceptors (Lipinski definition) is 4. The Balaban J connectivity index is 1.98. The maximum Gasteiger partial charge on any atom is 0.212 e. The summed E-state index contributed by atoms with van der Waals surface area (Å²) in [5.41, 5.74) is -0.881. The van der Waals surface area contributed by atoms with Crippen molar-refractivity contribution < 1.29 is 17.9 Å². The third-order valence-electron chi connectivity index (χ3n) is 5.57. The van der Waals surface area contributed by atoms with Crippen LogP contribution in [0, 0.1) is 16.7 Å². The Morgan fingerprint density at radius 2 is 2.10 bits per heavy atom. The maximum atomic E-state index is 12.4. The van der Waals surface area contributed by atoms with Crippen LogP contribution < -0.4 is 4.72 Å². The van der Waals surface area contributed by atoms with E-state index in [1.165, 1.54) is 0 Å². The molecular formula is C15H27NO4S. The molecule has 2 saturated carbocycles. The van der Waals surface area contributed by atoms with E-state index >= 15 is 0 Å². The van der Waals surface area contributed by atoms with E-state index in [1.807, 2.05) is 6.92 Å². The van der Waals surface area contributed by atoms with Gasteiger partial charge in [-0.05, 0) is 37.5 Å². The molecule has 0 unspecified atom stereocenters. The molecule has 0 heterocycles. The topological polar surface area (TPSA) is 72.5 Å². The van der Waals surface area contributed by atoms with E-state index in [0.29, 0.717) is 44.9 Å². The number of nitrogens with one attached hydrogen (secondary N) is 1. The molecule has 2 fully saturated rings. The van der Waals surface area contributed by atoms with Crippen molar-refractivity contribution in [3.05, 3.63) is 0 Å². The van der Waals surface area contributed by atoms with Gasteiger partial charge >= 0.3 is 0 Å². The highest BCUT2D eigenvalue weighted by molar-refractivity contribution is 7.89. The molecule has 2 atom stereocenters. The van der Waals surface area contributed by atoms with Crippen LogP contribution >= 0.6 is 0 Å². The van der Waals surface area contributed by atoms with E-state index in [-0.39, 0.29) is 17.0 Å². The standard InChI is InChI=1S/C15H27NO4S/c1-4-20-9-5-8-16-21(18,19)11-15-7-6-12(10-13(15)17)14(15,2)3/h12,16H,4-11H2,1-3H3/t12-,15-/m0/s1. The second-order valence-corrected chi connectivity index (χ2v) is 8.68. The third kappa shape index (κ3) is 3.03. The molecule has 2 aliphatic rings. The zero-order valence-electron chi connectivity index (χ0n) is 13.3. The van der Waals surface area contributed by atoms with E-state index in [4.69, 9.17) is 4.74 Å². The zero-order valence-corrected chi connectivity index (χ0v) is 14.1. The Morgan fingerprint density at radius 1 is 1.38 bits per heavy atom. The predicted octanol–water partition coefficient (Wildman–Crippen LogP) is 1.73. The van der Waals surface area contributed by atoms with Gasteiger partial charge in [0.25, 0.3) is 0 Å². The summed E-state index contributed by atoms with van der Waals surface area (Å²) < 4.78 is 32.5. The zero-order chi connectivity index (χ0) is 15.7. The van der Waals surface area contributed by atoms with Crippen molar-refractivity contribution in [2.24, 2.45) is 16.7 Å². The Morgan fingerprint density at radius 3 is 2.62 bits per heavy atom. The summed E-state index contributed by atoms with van der Waals surface area (Å²) in [5, 5.41) is 0. The summed E-state index contributed by atoms with van der Waals surface area (Å²) in [7, 11) is -3.43. The van der Waals surface area contributed by atoms with E-state index in [2.05, 4.69) is 18.6 Å². The second-order valence-electron chi connectivity index (χ2n) is 6.87. The van der Waals surface area contributed by atoms with Crippen molar-refractivity contribution in [3.8, 4) is 0 Å². The smallest absolute Gasteiger partial charge is 0.212 e. The molecule has 0 radical (unpaired) electrons. The van der Waals surface area contributed by atoms with Gasteiger partial charge in [-0.3, -0.25) is 4.79 Å². The lowest BCUT2D eigenvalue weighted by Gasteiger charge is -2.36. The second kappa shape index (κ2) is 5.97. The first-order valence-electron chi connectivity index (χ1n) is 7.83. The summed E-state index contributed by atoms with van der Waals surface area (Å²) >= 11 is 0. The van der Waals surface area contributed by atoms with Crippen LogP contribution in [0.3, 0.4) is 0 Å². The Kier molecular flexibility index (Phi) is 4.81. The fourth-order valence-electron chi connectivity index (χ4n) is 4.03. The van der Waals surface area contributed by atoms with E-state index in [1.54, 1.807) is 0 Å². The first kappa shape index (κ1) is 16.9. The first-order chi connectivity index (χ1) is 9.75. The largest absolute Gasteiger partial charge is 0.382 e. The van der Waals surface area contributed by atoms with Crippen molar-refractivity contribution in [3.63, 3.8) is 0 Å². The summed E-state index contributed by atoms with van der Waals surface area (Å²) in [6.45, 7) is 7.58. The minimum Gasteiger partial charge on any atom is -0.382 e. The lowest BCUT2D eigenvalue weighted by Crippen LogP contribution is -2.45. The lowest BCUT2D eigenvalue weighted by atomic mass is 9.70. The molecule has 0 saturated heterocycles. The van der Waals surface area contributed by atoms with Crippen LogP contribution in [0.1, 0.15) is 46.5 Å². The molecule has 0 aromatic rings. The Labute approximate surface area is 127 Å². The van der Waals surface area contributed by atoms with Gasteiger partial charge in [-0.1, -0.05) is 13.8 Å². The van der Waals surface area contributed by atoms with Crippen LogP contribution in [0.5, 0.6) is 0 Å². The van der Waals surface area contributed by atoms with Crippen LogP contribution in [0.15, 0.2) is 0 Å². The third-order valence-corrected chi connectivity index (χ3v) is 7.08. The van der Waals surface area contributed by atoms with E-state index < -0.39 is 15.4 Å². The maximum absolute atomic E-state index is 12.4. The molecule has 2 aliphatic carbocycles. The van der Waals surface area contributed by atoms with E-state index in [0.717, 1.165) is 6.42 Å². The summed E-state index contributed by atoms with van der Waals surface area (Å²) in [4.78, 5) is 12.4. The summed E-state index contributed by atoms with van der Waals surface area (Å²) in [5.74, 6) is 0.429. The predicted molar refractivity (Wildman–Crippen MR) is 81.5 cm³/mol. The molecule has 0 amide bonds. The highest BCUT2D eigenvalue weighted by Gasteiger charge is 2.65. The Hall–Kier alpha value is -0.460. The van der Waals surface area contributed by atoms with Gasteiger partial charge in [-0.25, -0.2) is 13.1 Å². The highest BCUT2D eigenvalue weighted by Crippen LogP contribution is 2.64. The molecule has 122 valence electrons. The normalized spacial score (nSPS) is 31.0. The monoisotopic (exact) mass is 317 g/mol. The van der Waals surface area contributed by atoms with Crippen LogP contribution in [-0.4, -0.2) is 39.7 Å². The van der Waals surface area contributed by atoms with Gasteiger partial charge in [0.1, 0.15) is 5.78 Å². The number of hydrogen-bond donors (Lipinski definition) is 1. The van der Waals surface area contributed by atoms with Crippen molar-refractivity contribution >= 4 is 15.8 Å². The molecule has 1 N–H and O–H groups in total. The lowest BCUT2D eigenvalue weighted by molar-refractivity contribution is -0.128. The van der Waals surface area contributed by atoms with Crippen LogP contribution in [-0.2, 0) is 19.6 Å². The SMILES string of the molecule is CCOCCCNS(=O)(=O)C[C@@]12CC[C@@H](CC1=O)C2(C)C. The van der Waals surface area contributed by atoms with Gasteiger partial charge in [0, 0.05) is 31.6 Å². The van der Waals surface area contributed by atoms with Crippen LogP contribution in [0.4, 0.5) is 0 Å². The molecule has 5 nitrogen and oxygen atoms in total. The summed E-state index contributed by atoms with van der Waals surface area (Å²) in [6.07, 6.45) is 2.88. The number of ketones is 1. The van der Waals surface area contributed by atoms with Gasteiger partial charge < -0.3 is 4.74 Å². The Bertz CT molecular complexity index is 500. The number of sulfonamides is 1. The number of ether oxygens (including phenoxy) is 1. The molecule has 0 spiro atoms. The van der Waals surface area contributed by atoms with Crippen molar-refractivity contribution in [1.82, 2.24) is 4.72 Å². The number of carbonyl (C=O) groups is 1. The van der Waals surface area contributed by atoms with Gasteiger partial charge in [-0.2, -0.15) is 0 Å². The van der Waals surface area contributed by atoms with Gasteiger partial charge in [0.15, 0.2) is 0 Å². The minimum absolute atomic E-state index is 0.0586. The first-order valence-corrected chi connectivity index (χ1v) is 9.49. The van der Waals surface area contributed by atoms with Gasteiger partial charge in [0.2, 0.25) is 10.0 Å². The van der Waals surface area contributed by atoms with Crippen LogP contribution in [0.2, 0.25) is 0 Å². The molecular weight excluding hydrogens is 290 g/mol. The van der Waals surface area contributed by atoms with E-state index in [9.17, 15) is 13.2 Å². The molecule has 21 heavy (non-hydrogen) atoms. The highest BCUT2D eigenvalue weighted by atomic mass is 32.2. The molecule has 0 aliphatic heterocycles. The molecule has 0 aromatic heterocycles. The number of rotatable bonds is 8. The summed E-state index contributed by atoms with van der Waals surface area (Å²) in [6, 6.07) is 0.